The van der Waals surface area contributed by atoms with E-state index in [2.05, 4.69) is 17.2 Å². The maximum absolute atomic E-state index is 12.6. The lowest BCUT2D eigenvalue weighted by molar-refractivity contribution is -0.137. The minimum Gasteiger partial charge on any atom is -0.375 e. The zero-order valence-corrected chi connectivity index (χ0v) is 13.1. The van der Waals surface area contributed by atoms with E-state index in [4.69, 9.17) is 0 Å². The molecule has 25 heavy (non-hydrogen) atoms. The van der Waals surface area contributed by atoms with Crippen molar-refractivity contribution in [2.45, 2.75) is 12.2 Å². The van der Waals surface area contributed by atoms with Gasteiger partial charge in [-0.15, -0.1) is 0 Å². The molecule has 6 heteroatoms. The van der Waals surface area contributed by atoms with Crippen molar-refractivity contribution in [1.29, 1.82) is 0 Å². The van der Waals surface area contributed by atoms with E-state index in [0.717, 1.165) is 23.3 Å². The number of anilines is 2. The van der Waals surface area contributed by atoms with Gasteiger partial charge in [0.25, 0.3) is 0 Å². The van der Waals surface area contributed by atoms with E-state index >= 15 is 0 Å². The smallest absolute Gasteiger partial charge is 0.375 e. The number of fused-ring (bicyclic) bond motifs is 1. The molecule has 1 atom stereocenters. The highest BCUT2D eigenvalue weighted by Crippen LogP contribution is 2.34. The number of amides is 1. The van der Waals surface area contributed by atoms with Crippen LogP contribution >= 0.6 is 0 Å². The van der Waals surface area contributed by atoms with Crippen LogP contribution in [0.2, 0.25) is 0 Å². The molecule has 0 aliphatic heterocycles. The third kappa shape index (κ3) is 3.74. The summed E-state index contributed by atoms with van der Waals surface area (Å²) >= 11 is 0. The molecule has 0 spiro atoms. The molecule has 128 valence electrons. The zero-order valence-electron chi connectivity index (χ0n) is 13.1. The second kappa shape index (κ2) is 6.47. The number of carbonyl (C=O) groups excluding carboxylic acids is 1. The summed E-state index contributed by atoms with van der Waals surface area (Å²) in [4.78, 5) is 11.3. The highest BCUT2D eigenvalue weighted by molar-refractivity contribution is 5.99. The van der Waals surface area contributed by atoms with Gasteiger partial charge in [-0.25, -0.2) is 0 Å². The van der Waals surface area contributed by atoms with E-state index in [0.29, 0.717) is 11.4 Å². The molecule has 0 heterocycles. The zero-order chi connectivity index (χ0) is 18.0. The Morgan fingerprint density at radius 2 is 1.76 bits per heavy atom. The quantitative estimate of drug-likeness (QED) is 0.766. The Labute approximate surface area is 142 Å². The Kier molecular flexibility index (Phi) is 4.35. The van der Waals surface area contributed by atoms with Gasteiger partial charge in [-0.2, -0.15) is 13.2 Å². The number of hydrogen-bond donors (Lipinski definition) is 2. The van der Waals surface area contributed by atoms with Gasteiger partial charge in [0, 0.05) is 11.4 Å². The van der Waals surface area contributed by atoms with Crippen LogP contribution < -0.4 is 10.6 Å². The highest BCUT2D eigenvalue weighted by Gasteiger charge is 2.30. The van der Waals surface area contributed by atoms with E-state index in [1.54, 1.807) is 6.07 Å². The molecule has 0 aromatic heterocycles. The molecule has 1 amide bonds. The second-order valence-electron chi connectivity index (χ2n) is 5.59. The average molecular weight is 344 g/mol. The molecule has 0 radical (unpaired) electrons. The average Bonchev–Trinajstić information content (AvgIpc) is 2.96. The van der Waals surface area contributed by atoms with Crippen molar-refractivity contribution in [1.82, 2.24) is 0 Å². The Hall–Kier alpha value is -3.02. The van der Waals surface area contributed by atoms with E-state index in [-0.39, 0.29) is 11.9 Å². The lowest BCUT2D eigenvalue weighted by Gasteiger charge is -2.16. The van der Waals surface area contributed by atoms with Crippen LogP contribution in [0, 0.1) is 0 Å². The summed E-state index contributed by atoms with van der Waals surface area (Å²) in [5.74, 6) is -0.290. The molecule has 3 rings (SSSR count). The van der Waals surface area contributed by atoms with E-state index < -0.39 is 11.7 Å². The van der Waals surface area contributed by atoms with Crippen LogP contribution in [-0.2, 0) is 11.0 Å². The van der Waals surface area contributed by atoms with Gasteiger partial charge in [0.1, 0.15) is 0 Å². The lowest BCUT2D eigenvalue weighted by atomic mass is 10.1. The van der Waals surface area contributed by atoms with Gasteiger partial charge in [0.15, 0.2) is 0 Å². The first-order valence-corrected chi connectivity index (χ1v) is 7.56. The third-order valence-corrected chi connectivity index (χ3v) is 3.88. The van der Waals surface area contributed by atoms with Gasteiger partial charge in [0.05, 0.1) is 11.6 Å². The number of alkyl halides is 3. The van der Waals surface area contributed by atoms with E-state index in [9.17, 15) is 18.0 Å². The number of benzene rings is 2. The summed E-state index contributed by atoms with van der Waals surface area (Å²) < 4.78 is 37.8. The third-order valence-electron chi connectivity index (χ3n) is 3.88. The Balaban J connectivity index is 1.74. The van der Waals surface area contributed by atoms with Crippen LogP contribution in [0.25, 0.3) is 6.08 Å². The van der Waals surface area contributed by atoms with Crippen molar-refractivity contribution in [2.24, 2.45) is 0 Å². The monoisotopic (exact) mass is 344 g/mol. The Morgan fingerprint density at radius 1 is 1.08 bits per heavy atom. The van der Waals surface area contributed by atoms with Crippen molar-refractivity contribution in [3.8, 4) is 0 Å². The van der Waals surface area contributed by atoms with E-state index in [1.807, 2.05) is 24.3 Å². The van der Waals surface area contributed by atoms with Gasteiger partial charge in [0.2, 0.25) is 5.91 Å². The summed E-state index contributed by atoms with van der Waals surface area (Å²) in [7, 11) is 0. The minimum absolute atomic E-state index is 0.143. The van der Waals surface area contributed by atoms with Crippen LogP contribution in [-0.4, -0.2) is 5.91 Å². The van der Waals surface area contributed by atoms with Gasteiger partial charge in [-0.1, -0.05) is 24.8 Å². The maximum Gasteiger partial charge on any atom is 0.416 e. The molecular formula is C19H15F3N2O. The largest absolute Gasteiger partial charge is 0.416 e. The molecule has 2 aromatic carbocycles. The molecule has 1 aliphatic rings. The van der Waals surface area contributed by atoms with Crippen LogP contribution in [0.15, 0.2) is 61.2 Å². The summed E-state index contributed by atoms with van der Waals surface area (Å²) in [5, 5.41) is 5.88. The van der Waals surface area contributed by atoms with Crippen LogP contribution in [0.4, 0.5) is 24.5 Å². The Bertz CT molecular complexity index is 839. The topological polar surface area (TPSA) is 41.1 Å². The molecule has 0 saturated carbocycles. The summed E-state index contributed by atoms with van der Waals surface area (Å²) in [6, 6.07) is 10.3. The van der Waals surface area contributed by atoms with Gasteiger partial charge >= 0.3 is 6.18 Å². The van der Waals surface area contributed by atoms with E-state index in [1.165, 1.54) is 18.2 Å². The predicted octanol–water partition coefficient (Wildman–Crippen LogP) is 5.01. The standard InChI is InChI=1S/C19H15F3N2O/c1-2-18(25)24-15-8-9-16-12(11-15)3-10-17(16)23-14-6-4-13(5-7-14)19(20,21)22/h2-11,17,23H,1H2,(H,24,25). The molecule has 0 fully saturated rings. The van der Waals surface area contributed by atoms with Gasteiger partial charge in [-0.05, 0) is 53.6 Å². The fraction of sp³-hybridized carbons (Fsp3) is 0.105. The van der Waals surface area contributed by atoms with Crippen molar-refractivity contribution < 1.29 is 18.0 Å². The molecule has 0 saturated heterocycles. The number of nitrogens with one attached hydrogen (secondary N) is 2. The lowest BCUT2D eigenvalue weighted by Crippen LogP contribution is -2.09. The number of hydrogen-bond acceptors (Lipinski definition) is 2. The highest BCUT2D eigenvalue weighted by atomic mass is 19.4. The van der Waals surface area contributed by atoms with Gasteiger partial charge in [-0.3, -0.25) is 4.79 Å². The molecule has 2 N–H and O–H groups in total. The normalized spacial score (nSPS) is 15.6. The Morgan fingerprint density at radius 3 is 2.40 bits per heavy atom. The number of halogens is 3. The van der Waals surface area contributed by atoms with Crippen molar-refractivity contribution >= 4 is 23.4 Å². The summed E-state index contributed by atoms with van der Waals surface area (Å²) in [6.07, 6.45) is 0.671. The number of rotatable bonds is 4. The molecule has 1 aliphatic carbocycles. The fourth-order valence-electron chi connectivity index (χ4n) is 2.64. The van der Waals surface area contributed by atoms with Gasteiger partial charge < -0.3 is 10.6 Å². The predicted molar refractivity (Wildman–Crippen MR) is 92.1 cm³/mol. The van der Waals surface area contributed by atoms with Crippen LogP contribution in [0.1, 0.15) is 22.7 Å². The first-order valence-electron chi connectivity index (χ1n) is 7.56. The first-order chi connectivity index (χ1) is 11.9. The minimum atomic E-state index is -4.34. The molecule has 2 aromatic rings. The number of carbonyl (C=O) groups is 1. The molecule has 1 unspecified atom stereocenters. The maximum atomic E-state index is 12.6. The van der Waals surface area contributed by atoms with Crippen LogP contribution in [0.5, 0.6) is 0 Å². The fourth-order valence-corrected chi connectivity index (χ4v) is 2.64. The van der Waals surface area contributed by atoms with Crippen molar-refractivity contribution in [2.75, 3.05) is 10.6 Å². The van der Waals surface area contributed by atoms with Crippen LogP contribution in [0.3, 0.4) is 0 Å². The second-order valence-corrected chi connectivity index (χ2v) is 5.59. The molecule has 0 bridgehead atoms. The molecular weight excluding hydrogens is 329 g/mol. The van der Waals surface area contributed by atoms with Crippen molar-refractivity contribution in [3.05, 3.63) is 77.9 Å². The SMILES string of the molecule is C=CC(=O)Nc1ccc2c(c1)C=CC2Nc1ccc(C(F)(F)F)cc1. The summed E-state index contributed by atoms with van der Waals surface area (Å²) in [6.45, 7) is 3.40. The molecule has 3 nitrogen and oxygen atoms in total. The van der Waals surface area contributed by atoms with Crippen molar-refractivity contribution in [3.63, 3.8) is 0 Å². The summed E-state index contributed by atoms with van der Waals surface area (Å²) in [5.41, 5.74) is 2.49. The first kappa shape index (κ1) is 16.8.